The molecule has 0 aromatic heterocycles. The summed E-state index contributed by atoms with van der Waals surface area (Å²) in [5.74, 6) is -0.387. The molecule has 0 amide bonds. The van der Waals surface area contributed by atoms with E-state index in [4.69, 9.17) is 5.11 Å². The minimum Gasteiger partial charge on any atom is -0.492 e. The molecule has 0 saturated carbocycles. The van der Waals surface area contributed by atoms with E-state index in [1.165, 1.54) is 40.0 Å². The number of hydrogen-bond donors (Lipinski definition) is 3. The number of aryl methyl sites for hydroxylation is 1. The Bertz CT molecular complexity index is 1330. The van der Waals surface area contributed by atoms with Crippen molar-refractivity contribution in [1.29, 1.82) is 0 Å². The van der Waals surface area contributed by atoms with Crippen molar-refractivity contribution in [3.05, 3.63) is 77.6 Å². The van der Waals surface area contributed by atoms with Crippen molar-refractivity contribution in [3.8, 4) is 0 Å². The third kappa shape index (κ3) is 14.4. The van der Waals surface area contributed by atoms with E-state index in [-0.39, 0.29) is 16.1 Å². The van der Waals surface area contributed by atoms with Gasteiger partial charge in [0.15, 0.2) is 6.61 Å². The first-order valence-corrected chi connectivity index (χ1v) is 15.1. The molecule has 0 fully saturated rings. The molecule has 2 unspecified atom stereocenters. The largest absolute Gasteiger partial charge is 0.492 e. The van der Waals surface area contributed by atoms with Crippen LogP contribution in [0.2, 0.25) is 0 Å². The van der Waals surface area contributed by atoms with E-state index in [2.05, 4.69) is 20.2 Å². The van der Waals surface area contributed by atoms with Gasteiger partial charge in [0.25, 0.3) is 15.7 Å². The monoisotopic (exact) mass is 619 g/mol. The maximum absolute atomic E-state index is 12.8. The van der Waals surface area contributed by atoms with Crippen LogP contribution >= 0.6 is 9.24 Å². The van der Waals surface area contributed by atoms with Crippen LogP contribution in [0.1, 0.15) is 36.7 Å². The molecule has 222 valence electrons. The Morgan fingerprint density at radius 3 is 2.40 bits per heavy atom. The number of halogens is 2. The Balaban J connectivity index is 0.00000107. The van der Waals surface area contributed by atoms with E-state index in [1.54, 1.807) is 57.2 Å². The normalized spacial score (nSPS) is 12.7. The Kier molecular flexibility index (Phi) is 17.0. The van der Waals surface area contributed by atoms with Crippen LogP contribution in [0.25, 0.3) is 0 Å². The van der Waals surface area contributed by atoms with Gasteiger partial charge in [-0.05, 0) is 64.6 Å². The van der Waals surface area contributed by atoms with Crippen molar-refractivity contribution >= 4 is 53.0 Å². The zero-order chi connectivity index (χ0) is 30.9. The number of anilines is 1. The van der Waals surface area contributed by atoms with E-state index in [1.807, 2.05) is 6.92 Å². The molecule has 0 bridgehead atoms. The summed E-state index contributed by atoms with van der Waals surface area (Å²) < 4.78 is 68.6. The number of aromatic carboxylic acids is 1. The molecule has 0 radical (unpaired) electrons. The first-order valence-electron chi connectivity index (χ1n) is 11.7. The standard InChI is InChI=1S/C19H20N2O5S2.C6H11F2OP.CH5N/c1-3-4-11-27(24)13-20-16-7-5-6-8-17(16)21-28(25,26)18-12-15(19(22)23)10-9-14(18)2;1-3-5(2)9-4-6(7,8)10;1-2/h3-10,12-13,21H,11H2,1-2H3,(H,22,23);3H,4,10H2,1-2H3;2H2,1H3/b4-3-,20-13?;5-3+;. The summed E-state index contributed by atoms with van der Waals surface area (Å²) in [5, 5.41) is 9.12. The topological polar surface area (TPSA) is 148 Å². The van der Waals surface area contributed by atoms with Crippen molar-refractivity contribution in [2.24, 2.45) is 10.7 Å². The van der Waals surface area contributed by atoms with Crippen molar-refractivity contribution in [1.82, 2.24) is 0 Å². The zero-order valence-corrected chi connectivity index (χ0v) is 25.7. The van der Waals surface area contributed by atoms with E-state index < -0.39 is 39.1 Å². The number of sulfonamides is 1. The van der Waals surface area contributed by atoms with Crippen molar-refractivity contribution in [3.63, 3.8) is 0 Å². The summed E-state index contributed by atoms with van der Waals surface area (Å²) in [4.78, 5) is 15.1. The van der Waals surface area contributed by atoms with Gasteiger partial charge in [-0.15, -0.1) is 0 Å². The molecular weight excluding hydrogens is 583 g/mol. The predicted octanol–water partition coefficient (Wildman–Crippen LogP) is 5.45. The molecule has 0 heterocycles. The highest BCUT2D eigenvalue weighted by Crippen LogP contribution is 2.28. The minimum absolute atomic E-state index is 0.128. The summed E-state index contributed by atoms with van der Waals surface area (Å²) in [6, 6.07) is 10.3. The molecule has 9 nitrogen and oxygen atoms in total. The lowest BCUT2D eigenvalue weighted by Crippen LogP contribution is -2.15. The number of benzene rings is 2. The third-order valence-electron chi connectivity index (χ3n) is 4.58. The molecule has 2 aromatic rings. The highest BCUT2D eigenvalue weighted by atomic mass is 32.2. The zero-order valence-electron chi connectivity index (χ0n) is 22.9. The van der Waals surface area contributed by atoms with Gasteiger partial charge >= 0.3 is 5.97 Å². The second-order valence-corrected chi connectivity index (χ2v) is 11.5. The van der Waals surface area contributed by atoms with Crippen LogP contribution in [0.3, 0.4) is 0 Å². The number of carbonyl (C=O) groups is 1. The van der Waals surface area contributed by atoms with E-state index in [0.717, 1.165) is 6.07 Å². The molecule has 0 aliphatic carbocycles. The molecule has 4 N–H and O–H groups in total. The molecule has 0 spiro atoms. The molecule has 2 atom stereocenters. The lowest BCUT2D eigenvalue weighted by atomic mass is 10.1. The first-order chi connectivity index (χ1) is 18.7. The maximum atomic E-state index is 12.8. The quantitative estimate of drug-likeness (QED) is 0.0996. The molecule has 0 saturated heterocycles. The first kappa shape index (κ1) is 37.0. The summed E-state index contributed by atoms with van der Waals surface area (Å²) >= 11 is 0. The van der Waals surface area contributed by atoms with Crippen LogP contribution in [0, 0.1) is 6.92 Å². The Labute approximate surface area is 239 Å². The van der Waals surface area contributed by atoms with Gasteiger partial charge in [0.05, 0.1) is 43.9 Å². The number of carboxylic acids is 1. The summed E-state index contributed by atoms with van der Waals surface area (Å²) in [6.45, 7) is 6.19. The fourth-order valence-electron chi connectivity index (χ4n) is 2.54. The van der Waals surface area contributed by atoms with Gasteiger partial charge in [0.2, 0.25) is 0 Å². The Morgan fingerprint density at radius 1 is 1.23 bits per heavy atom. The van der Waals surface area contributed by atoms with Gasteiger partial charge in [0.1, 0.15) is 0 Å². The summed E-state index contributed by atoms with van der Waals surface area (Å²) in [5.41, 5.74) is 3.71. The van der Waals surface area contributed by atoms with Gasteiger partial charge in [-0.1, -0.05) is 45.7 Å². The lowest BCUT2D eigenvalue weighted by molar-refractivity contribution is 0.0181. The SMILES string of the molecule is C/C=C(\C)OCC(F)(F)P.C/C=C\CS(=O)C=Nc1ccccc1NS(=O)(=O)c1cc(C(=O)O)ccc1C.CN. The smallest absolute Gasteiger partial charge is 0.335 e. The highest BCUT2D eigenvalue weighted by molar-refractivity contribution is 7.98. The van der Waals surface area contributed by atoms with Crippen LogP contribution in [-0.2, 0) is 25.6 Å². The fourth-order valence-corrected chi connectivity index (χ4v) is 4.67. The highest BCUT2D eigenvalue weighted by Gasteiger charge is 2.22. The Morgan fingerprint density at radius 2 is 1.85 bits per heavy atom. The van der Waals surface area contributed by atoms with Crippen LogP contribution in [-0.4, -0.2) is 54.3 Å². The number of nitrogens with one attached hydrogen (secondary N) is 1. The van der Waals surface area contributed by atoms with Crippen molar-refractivity contribution < 1.29 is 36.0 Å². The van der Waals surface area contributed by atoms with E-state index in [9.17, 15) is 26.2 Å². The minimum atomic E-state index is -4.05. The number of nitrogens with two attached hydrogens (primary N) is 1. The van der Waals surface area contributed by atoms with Crippen LogP contribution < -0.4 is 10.5 Å². The van der Waals surface area contributed by atoms with Crippen molar-refractivity contribution in [2.45, 2.75) is 38.3 Å². The number of carboxylic acid groups (broad SMARTS) is 1. The van der Waals surface area contributed by atoms with Crippen LogP contribution in [0.5, 0.6) is 0 Å². The summed E-state index contributed by atoms with van der Waals surface area (Å²) in [7, 11) is -2.45. The number of alkyl halides is 2. The maximum Gasteiger partial charge on any atom is 0.335 e. The van der Waals surface area contributed by atoms with Crippen molar-refractivity contribution in [2.75, 3.05) is 24.1 Å². The molecule has 2 aromatic carbocycles. The third-order valence-corrected chi connectivity index (χ3v) is 7.11. The number of ether oxygens (including phenoxy) is 1. The average Bonchev–Trinajstić information content (AvgIpc) is 2.90. The fraction of sp³-hybridized carbons (Fsp3) is 0.308. The van der Waals surface area contributed by atoms with Gasteiger partial charge in [-0.25, -0.2) is 18.2 Å². The molecule has 14 heteroatoms. The molecular formula is C26H36F2N3O6PS2. The second-order valence-electron chi connectivity index (χ2n) is 7.71. The van der Waals surface area contributed by atoms with E-state index in [0.29, 0.717) is 22.8 Å². The summed E-state index contributed by atoms with van der Waals surface area (Å²) in [6.07, 6.45) is 5.16. The number of hydrogen-bond acceptors (Lipinski definition) is 7. The van der Waals surface area contributed by atoms with Crippen LogP contribution in [0.4, 0.5) is 20.2 Å². The average molecular weight is 620 g/mol. The molecule has 40 heavy (non-hydrogen) atoms. The molecule has 0 aliphatic rings. The van der Waals surface area contributed by atoms with Gasteiger partial charge in [-0.3, -0.25) is 8.93 Å². The van der Waals surface area contributed by atoms with Gasteiger partial charge < -0.3 is 15.6 Å². The van der Waals surface area contributed by atoms with Crippen LogP contribution in [0.15, 0.2) is 76.3 Å². The van der Waals surface area contributed by atoms with E-state index >= 15 is 0 Å². The Hall–Kier alpha value is -2.99. The molecule has 0 aliphatic heterocycles. The second kappa shape index (κ2) is 18.4. The predicted molar refractivity (Wildman–Crippen MR) is 162 cm³/mol. The molecule has 2 rings (SSSR count). The number of allylic oxidation sites excluding steroid dienone is 3. The number of aliphatic imine (C=N–C) groups is 1. The lowest BCUT2D eigenvalue weighted by Gasteiger charge is -2.12. The van der Waals surface area contributed by atoms with Gasteiger partial charge in [0, 0.05) is 5.75 Å². The number of rotatable bonds is 11. The number of para-hydroxylation sites is 2. The number of nitrogens with zero attached hydrogens (tertiary/aromatic N) is 1. The van der Waals surface area contributed by atoms with Gasteiger partial charge in [-0.2, -0.15) is 8.78 Å².